The average Bonchev–Trinajstić information content (AvgIpc) is 3.24. The first-order chi connectivity index (χ1) is 11.7. The van der Waals surface area contributed by atoms with Gasteiger partial charge >= 0.3 is 0 Å². The van der Waals surface area contributed by atoms with Gasteiger partial charge in [0.1, 0.15) is 6.61 Å². The molecule has 2 aromatic heterocycles. The first-order valence-electron chi connectivity index (χ1n) is 7.93. The van der Waals surface area contributed by atoms with E-state index in [9.17, 15) is 4.79 Å². The van der Waals surface area contributed by atoms with Crippen molar-refractivity contribution in [1.29, 1.82) is 0 Å². The summed E-state index contributed by atoms with van der Waals surface area (Å²) in [7, 11) is 1.57. The Morgan fingerprint density at radius 2 is 2.38 bits per heavy atom. The summed E-state index contributed by atoms with van der Waals surface area (Å²) in [5.74, 6) is 0.956. The van der Waals surface area contributed by atoms with Crippen molar-refractivity contribution >= 4 is 5.91 Å². The normalized spacial score (nSPS) is 18.1. The molecule has 0 spiro atoms. The summed E-state index contributed by atoms with van der Waals surface area (Å²) in [4.78, 5) is 18.6. The van der Waals surface area contributed by atoms with E-state index < -0.39 is 0 Å². The van der Waals surface area contributed by atoms with E-state index in [-0.39, 0.29) is 12.0 Å². The Labute approximate surface area is 139 Å². The Bertz CT molecular complexity index is 683. The van der Waals surface area contributed by atoms with Gasteiger partial charge in [-0.1, -0.05) is 5.16 Å². The lowest BCUT2D eigenvalue weighted by molar-refractivity contribution is -0.0237. The van der Waals surface area contributed by atoms with Gasteiger partial charge in [0, 0.05) is 32.9 Å². The van der Waals surface area contributed by atoms with Crippen molar-refractivity contribution < 1.29 is 18.8 Å². The van der Waals surface area contributed by atoms with E-state index in [0.29, 0.717) is 50.0 Å². The monoisotopic (exact) mass is 335 g/mol. The Balaban J connectivity index is 1.59. The standard InChI is InChI=1S/C15H21N5O4/c1-3-20-8-11(7-16-20)15(21)19-4-5-23-12(9-19)6-14-17-13(10-22-2)18-24-14/h7-8,12H,3-6,9-10H2,1-2H3/t12-/m0/s1. The summed E-state index contributed by atoms with van der Waals surface area (Å²) < 4.78 is 17.6. The molecule has 0 unspecified atom stereocenters. The number of carbonyl (C=O) groups excluding carboxylic acids is 1. The molecule has 9 heteroatoms. The van der Waals surface area contributed by atoms with Crippen LogP contribution in [0.15, 0.2) is 16.9 Å². The Morgan fingerprint density at radius 3 is 3.12 bits per heavy atom. The largest absolute Gasteiger partial charge is 0.377 e. The molecule has 0 saturated carbocycles. The zero-order chi connectivity index (χ0) is 16.9. The van der Waals surface area contributed by atoms with Crippen molar-refractivity contribution in [2.75, 3.05) is 26.8 Å². The molecular formula is C15H21N5O4. The predicted octanol–water partition coefficient (Wildman–Crippen LogP) is 0.516. The van der Waals surface area contributed by atoms with E-state index in [2.05, 4.69) is 15.2 Å². The van der Waals surface area contributed by atoms with Crippen molar-refractivity contribution in [3.8, 4) is 0 Å². The maximum Gasteiger partial charge on any atom is 0.257 e. The maximum atomic E-state index is 12.6. The second-order valence-corrected chi connectivity index (χ2v) is 5.57. The zero-order valence-electron chi connectivity index (χ0n) is 13.8. The highest BCUT2D eigenvalue weighted by Gasteiger charge is 2.27. The number of hydrogen-bond acceptors (Lipinski definition) is 7. The van der Waals surface area contributed by atoms with Crippen LogP contribution in [0.1, 0.15) is 29.0 Å². The zero-order valence-corrected chi connectivity index (χ0v) is 13.8. The number of rotatable bonds is 6. The first-order valence-corrected chi connectivity index (χ1v) is 7.93. The van der Waals surface area contributed by atoms with Gasteiger partial charge in [-0.2, -0.15) is 10.1 Å². The quantitative estimate of drug-likeness (QED) is 0.759. The van der Waals surface area contributed by atoms with Crippen LogP contribution in [0.3, 0.4) is 0 Å². The third-order valence-corrected chi connectivity index (χ3v) is 3.82. The fourth-order valence-electron chi connectivity index (χ4n) is 2.61. The van der Waals surface area contributed by atoms with E-state index in [1.807, 2.05) is 6.92 Å². The molecule has 0 bridgehead atoms. The van der Waals surface area contributed by atoms with E-state index in [4.69, 9.17) is 14.0 Å². The highest BCUT2D eigenvalue weighted by molar-refractivity contribution is 5.93. The molecule has 1 aliphatic heterocycles. The highest BCUT2D eigenvalue weighted by atomic mass is 16.5. The number of methoxy groups -OCH3 is 1. The molecular weight excluding hydrogens is 314 g/mol. The van der Waals surface area contributed by atoms with Gasteiger partial charge in [-0.3, -0.25) is 9.48 Å². The summed E-state index contributed by atoms with van der Waals surface area (Å²) in [5, 5.41) is 7.98. The lowest BCUT2D eigenvalue weighted by Crippen LogP contribution is -2.46. The van der Waals surface area contributed by atoms with Crippen LogP contribution in [0.4, 0.5) is 0 Å². The van der Waals surface area contributed by atoms with Gasteiger partial charge in [-0.25, -0.2) is 0 Å². The van der Waals surface area contributed by atoms with Crippen molar-refractivity contribution in [3.05, 3.63) is 29.7 Å². The molecule has 0 radical (unpaired) electrons. The van der Waals surface area contributed by atoms with Crippen molar-refractivity contribution in [2.45, 2.75) is 32.6 Å². The fourth-order valence-corrected chi connectivity index (χ4v) is 2.61. The summed E-state index contributed by atoms with van der Waals surface area (Å²) in [5.41, 5.74) is 0.595. The van der Waals surface area contributed by atoms with E-state index >= 15 is 0 Å². The van der Waals surface area contributed by atoms with Crippen LogP contribution in [0.2, 0.25) is 0 Å². The smallest absolute Gasteiger partial charge is 0.257 e. The van der Waals surface area contributed by atoms with Crippen molar-refractivity contribution in [2.24, 2.45) is 0 Å². The van der Waals surface area contributed by atoms with Gasteiger partial charge in [0.2, 0.25) is 5.89 Å². The Hall–Kier alpha value is -2.26. The van der Waals surface area contributed by atoms with Crippen molar-refractivity contribution in [1.82, 2.24) is 24.8 Å². The molecule has 3 heterocycles. The number of carbonyl (C=O) groups is 1. The van der Waals surface area contributed by atoms with E-state index in [1.165, 1.54) is 0 Å². The molecule has 0 aliphatic carbocycles. The molecule has 24 heavy (non-hydrogen) atoms. The molecule has 1 saturated heterocycles. The maximum absolute atomic E-state index is 12.6. The minimum atomic E-state index is -0.167. The number of aryl methyl sites for hydroxylation is 1. The van der Waals surface area contributed by atoms with Crippen LogP contribution in [-0.4, -0.2) is 63.6 Å². The summed E-state index contributed by atoms with van der Waals surface area (Å²) >= 11 is 0. The second-order valence-electron chi connectivity index (χ2n) is 5.57. The predicted molar refractivity (Wildman–Crippen MR) is 82.3 cm³/mol. The van der Waals surface area contributed by atoms with Gasteiger partial charge in [-0.15, -0.1) is 0 Å². The molecule has 1 amide bonds. The summed E-state index contributed by atoms with van der Waals surface area (Å²) in [6, 6.07) is 0. The molecule has 9 nitrogen and oxygen atoms in total. The molecule has 0 aromatic carbocycles. The molecule has 3 rings (SSSR count). The SMILES string of the molecule is CCn1cc(C(=O)N2CCO[C@@H](Cc3nc(COC)no3)C2)cn1. The van der Waals surface area contributed by atoms with E-state index in [0.717, 1.165) is 6.54 Å². The van der Waals surface area contributed by atoms with Gasteiger partial charge in [-0.05, 0) is 6.92 Å². The van der Waals surface area contributed by atoms with Crippen LogP contribution >= 0.6 is 0 Å². The molecule has 2 aromatic rings. The minimum Gasteiger partial charge on any atom is -0.377 e. The number of aromatic nitrogens is 4. The van der Waals surface area contributed by atoms with Crippen LogP contribution < -0.4 is 0 Å². The second kappa shape index (κ2) is 7.54. The van der Waals surface area contributed by atoms with Crippen LogP contribution in [-0.2, 0) is 29.0 Å². The molecule has 1 aliphatic rings. The lowest BCUT2D eigenvalue weighted by atomic mass is 10.2. The number of ether oxygens (including phenoxy) is 2. The van der Waals surface area contributed by atoms with Gasteiger partial charge in [0.15, 0.2) is 5.82 Å². The number of amides is 1. The highest BCUT2D eigenvalue weighted by Crippen LogP contribution is 2.14. The van der Waals surface area contributed by atoms with E-state index in [1.54, 1.807) is 29.1 Å². The number of nitrogens with zero attached hydrogens (tertiary/aromatic N) is 5. The summed E-state index contributed by atoms with van der Waals surface area (Å²) in [6.07, 6.45) is 3.67. The Morgan fingerprint density at radius 1 is 1.50 bits per heavy atom. The molecule has 1 atom stereocenters. The minimum absolute atomic E-state index is 0.0337. The number of morpholine rings is 1. The lowest BCUT2D eigenvalue weighted by Gasteiger charge is -2.32. The molecule has 1 fully saturated rings. The van der Waals surface area contributed by atoms with Gasteiger partial charge in [0.25, 0.3) is 5.91 Å². The van der Waals surface area contributed by atoms with Gasteiger partial charge < -0.3 is 18.9 Å². The number of hydrogen-bond donors (Lipinski definition) is 0. The van der Waals surface area contributed by atoms with Gasteiger partial charge in [0.05, 0.1) is 30.9 Å². The molecule has 130 valence electrons. The fraction of sp³-hybridized carbons (Fsp3) is 0.600. The third kappa shape index (κ3) is 3.80. The molecule has 0 N–H and O–H groups in total. The topological polar surface area (TPSA) is 95.5 Å². The average molecular weight is 335 g/mol. The Kier molecular flexibility index (Phi) is 5.21. The van der Waals surface area contributed by atoms with Crippen LogP contribution in [0, 0.1) is 0 Å². The third-order valence-electron chi connectivity index (χ3n) is 3.82. The van der Waals surface area contributed by atoms with Crippen LogP contribution in [0.25, 0.3) is 0 Å². The first kappa shape index (κ1) is 16.6. The van der Waals surface area contributed by atoms with Crippen molar-refractivity contribution in [3.63, 3.8) is 0 Å². The summed E-state index contributed by atoms with van der Waals surface area (Å²) in [6.45, 7) is 4.55. The van der Waals surface area contributed by atoms with Crippen LogP contribution in [0.5, 0.6) is 0 Å².